The van der Waals surface area contributed by atoms with E-state index in [0.717, 1.165) is 5.56 Å². The van der Waals surface area contributed by atoms with E-state index >= 15 is 0 Å². The van der Waals surface area contributed by atoms with Gasteiger partial charge in [-0.05, 0) is 130 Å². The van der Waals surface area contributed by atoms with Gasteiger partial charge in [-0.3, -0.25) is 0 Å². The van der Waals surface area contributed by atoms with Crippen LogP contribution in [0, 0.1) is 0 Å². The Morgan fingerprint density at radius 3 is 1.84 bits per heavy atom. The first-order chi connectivity index (χ1) is 22.2. The van der Waals surface area contributed by atoms with Crippen LogP contribution in [0.5, 0.6) is 0 Å². The molecule has 9 rings (SSSR count). The summed E-state index contributed by atoms with van der Waals surface area (Å²) in [6.45, 7) is 6.31. The van der Waals surface area contributed by atoms with E-state index in [1.165, 1.54) is 93.2 Å². The smallest absolute Gasteiger partial charge is 0.00137 e. The molecule has 0 amide bonds. The molecule has 0 heteroatoms. The fraction of sp³-hybridized carbons (Fsp3) is 0.0222. The predicted octanol–water partition coefficient (Wildman–Crippen LogP) is 13.0. The molecule has 45 heavy (non-hydrogen) atoms. The summed E-state index contributed by atoms with van der Waals surface area (Å²) in [6.07, 6.45) is 6.39. The Morgan fingerprint density at radius 1 is 0.444 bits per heavy atom. The second-order valence-corrected chi connectivity index (χ2v) is 12.1. The number of hydrogen-bond donors (Lipinski definition) is 0. The molecular formula is C45H30. The molecule has 0 spiro atoms. The van der Waals surface area contributed by atoms with Crippen LogP contribution in [0.25, 0.3) is 99.7 Å². The maximum Gasteiger partial charge on any atom is -0.00137 e. The molecule has 0 atom stereocenters. The molecule has 0 unspecified atom stereocenters. The summed E-state index contributed by atoms with van der Waals surface area (Å²) in [7, 11) is 0. The molecule has 0 fully saturated rings. The van der Waals surface area contributed by atoms with Crippen molar-refractivity contribution in [2.75, 3.05) is 0 Å². The molecule has 0 saturated carbocycles. The van der Waals surface area contributed by atoms with Crippen molar-refractivity contribution in [3.05, 3.63) is 157 Å². The largest absolute Gasteiger partial charge is 0.0984 e. The van der Waals surface area contributed by atoms with Gasteiger partial charge in [-0.2, -0.15) is 0 Å². The average Bonchev–Trinajstić information content (AvgIpc) is 3.42. The summed E-state index contributed by atoms with van der Waals surface area (Å²) in [5.41, 5.74) is 12.6. The third kappa shape index (κ3) is 3.79. The van der Waals surface area contributed by atoms with E-state index in [2.05, 4.69) is 159 Å². The highest BCUT2D eigenvalue weighted by Crippen LogP contribution is 2.51. The van der Waals surface area contributed by atoms with Crippen LogP contribution >= 0.6 is 0 Å². The fourth-order valence-electron chi connectivity index (χ4n) is 7.63. The van der Waals surface area contributed by atoms with Crippen LogP contribution in [0.2, 0.25) is 0 Å². The highest BCUT2D eigenvalue weighted by molar-refractivity contribution is 6.22. The Labute approximate surface area is 263 Å². The predicted molar refractivity (Wildman–Crippen MR) is 197 cm³/mol. The highest BCUT2D eigenvalue weighted by Gasteiger charge is 2.25. The zero-order valence-electron chi connectivity index (χ0n) is 25.1. The zero-order chi connectivity index (χ0) is 30.1. The van der Waals surface area contributed by atoms with Crippen molar-refractivity contribution in [3.63, 3.8) is 0 Å². The van der Waals surface area contributed by atoms with Gasteiger partial charge in [0.15, 0.2) is 0 Å². The Kier molecular flexibility index (Phi) is 5.67. The standard InChI is InChI=1S/C45H30/c1-3-11-35-28(4-2)26-43-40-17-10-8-15-38(40)41-23-22-36(44(35)45(41)43)31-20-18-29-19-21-32(25-33(29)24-31)42-27-30-12-5-6-13-34(30)37-14-7-9-16-39(37)42/h3-27H,2H2,1H3/b11-3-. The van der Waals surface area contributed by atoms with Gasteiger partial charge in [0.2, 0.25) is 0 Å². The normalized spacial score (nSPS) is 12.1. The van der Waals surface area contributed by atoms with E-state index in [0.29, 0.717) is 0 Å². The van der Waals surface area contributed by atoms with Crippen LogP contribution in [0.4, 0.5) is 0 Å². The monoisotopic (exact) mass is 570 g/mol. The maximum absolute atomic E-state index is 4.22. The van der Waals surface area contributed by atoms with Crippen LogP contribution < -0.4 is 0 Å². The Morgan fingerprint density at radius 2 is 1.09 bits per heavy atom. The summed E-state index contributed by atoms with van der Waals surface area (Å²) >= 11 is 0. The number of allylic oxidation sites excluding steroid dienone is 1. The van der Waals surface area contributed by atoms with Gasteiger partial charge in [-0.15, -0.1) is 0 Å². The van der Waals surface area contributed by atoms with Gasteiger partial charge in [-0.1, -0.05) is 134 Å². The number of hydrogen-bond acceptors (Lipinski definition) is 0. The van der Waals surface area contributed by atoms with E-state index in [9.17, 15) is 0 Å². The quantitative estimate of drug-likeness (QED) is 0.185. The minimum atomic E-state index is 1.16. The summed E-state index contributed by atoms with van der Waals surface area (Å²) < 4.78 is 0. The molecule has 0 aromatic heterocycles. The van der Waals surface area contributed by atoms with Crippen LogP contribution in [0.3, 0.4) is 0 Å². The minimum Gasteiger partial charge on any atom is -0.0984 e. The van der Waals surface area contributed by atoms with E-state index in [1.54, 1.807) is 0 Å². The molecule has 1 aliphatic rings. The molecule has 8 aromatic carbocycles. The highest BCUT2D eigenvalue weighted by atomic mass is 14.3. The van der Waals surface area contributed by atoms with Gasteiger partial charge in [0, 0.05) is 0 Å². The summed E-state index contributed by atoms with van der Waals surface area (Å²) in [5, 5.41) is 10.3. The van der Waals surface area contributed by atoms with Crippen molar-refractivity contribution in [2.45, 2.75) is 6.92 Å². The Balaban J connectivity index is 1.29. The van der Waals surface area contributed by atoms with Crippen molar-refractivity contribution in [2.24, 2.45) is 0 Å². The topological polar surface area (TPSA) is 0 Å². The van der Waals surface area contributed by atoms with Gasteiger partial charge in [0.05, 0.1) is 0 Å². The molecule has 0 aliphatic heterocycles. The average molecular weight is 571 g/mol. The van der Waals surface area contributed by atoms with Gasteiger partial charge in [0.1, 0.15) is 0 Å². The fourth-order valence-corrected chi connectivity index (χ4v) is 7.63. The molecule has 8 aromatic rings. The van der Waals surface area contributed by atoms with Crippen LogP contribution in [0.1, 0.15) is 18.1 Å². The molecule has 0 radical (unpaired) electrons. The van der Waals surface area contributed by atoms with Crippen molar-refractivity contribution in [1.29, 1.82) is 0 Å². The lowest BCUT2D eigenvalue weighted by Crippen LogP contribution is -1.91. The second-order valence-electron chi connectivity index (χ2n) is 12.1. The van der Waals surface area contributed by atoms with Crippen molar-refractivity contribution >= 4 is 55.2 Å². The third-order valence-electron chi connectivity index (χ3n) is 9.65. The summed E-state index contributed by atoms with van der Waals surface area (Å²) in [6, 6.07) is 49.4. The first-order valence-corrected chi connectivity index (χ1v) is 15.7. The zero-order valence-corrected chi connectivity index (χ0v) is 25.1. The lowest BCUT2D eigenvalue weighted by molar-refractivity contribution is 1.64. The molecule has 0 heterocycles. The number of rotatable bonds is 4. The molecule has 0 N–H and O–H groups in total. The third-order valence-corrected chi connectivity index (χ3v) is 9.65. The van der Waals surface area contributed by atoms with Crippen molar-refractivity contribution in [3.8, 4) is 44.5 Å². The SMILES string of the molecule is C=Cc1cc2c3c(ccc(-c4ccc5ccc(-c6cc7ccccc7c7ccccc67)cc5c4)c3c1/C=C\C)-c1ccccc1-2. The molecule has 0 nitrogen and oxygen atoms in total. The van der Waals surface area contributed by atoms with Gasteiger partial charge in [-0.25, -0.2) is 0 Å². The van der Waals surface area contributed by atoms with Crippen LogP contribution in [-0.2, 0) is 0 Å². The van der Waals surface area contributed by atoms with E-state index in [-0.39, 0.29) is 0 Å². The molecular weight excluding hydrogens is 540 g/mol. The van der Waals surface area contributed by atoms with Crippen LogP contribution in [-0.4, -0.2) is 0 Å². The van der Waals surface area contributed by atoms with Crippen LogP contribution in [0.15, 0.2) is 146 Å². The van der Waals surface area contributed by atoms with Gasteiger partial charge >= 0.3 is 0 Å². The Bertz CT molecular complexity index is 2560. The minimum absolute atomic E-state index is 1.16. The van der Waals surface area contributed by atoms with Gasteiger partial charge in [0.25, 0.3) is 0 Å². The van der Waals surface area contributed by atoms with Crippen molar-refractivity contribution in [1.82, 2.24) is 0 Å². The summed E-state index contributed by atoms with van der Waals surface area (Å²) in [5.74, 6) is 0. The molecule has 0 bridgehead atoms. The first-order valence-electron chi connectivity index (χ1n) is 15.7. The Hall–Kier alpha value is -5.72. The second kappa shape index (κ2) is 9.91. The summed E-state index contributed by atoms with van der Waals surface area (Å²) in [4.78, 5) is 0. The number of fused-ring (bicyclic) bond motifs is 7. The molecule has 1 aliphatic carbocycles. The first kappa shape index (κ1) is 25.7. The van der Waals surface area contributed by atoms with E-state index in [4.69, 9.17) is 0 Å². The molecule has 0 saturated heterocycles. The maximum atomic E-state index is 4.22. The van der Waals surface area contributed by atoms with Crippen molar-refractivity contribution < 1.29 is 0 Å². The van der Waals surface area contributed by atoms with E-state index < -0.39 is 0 Å². The van der Waals surface area contributed by atoms with Gasteiger partial charge < -0.3 is 0 Å². The molecule has 210 valence electrons. The lowest BCUT2D eigenvalue weighted by atomic mass is 9.87. The van der Waals surface area contributed by atoms with E-state index in [1.807, 2.05) is 6.08 Å². The lowest BCUT2D eigenvalue weighted by Gasteiger charge is -2.16. The number of benzene rings is 8.